The molecular formula is C22H20F3N5O. The van der Waals surface area contributed by atoms with Crippen molar-refractivity contribution >= 4 is 16.7 Å². The Morgan fingerprint density at radius 2 is 1.81 bits per heavy atom. The number of aromatic nitrogens is 3. The molecule has 0 bridgehead atoms. The quantitative estimate of drug-likeness (QED) is 0.526. The summed E-state index contributed by atoms with van der Waals surface area (Å²) in [6.45, 7) is 2.09. The van der Waals surface area contributed by atoms with Gasteiger partial charge in [-0.15, -0.1) is 0 Å². The molecule has 0 unspecified atom stereocenters. The lowest BCUT2D eigenvalue weighted by atomic mass is 10.1. The highest BCUT2D eigenvalue weighted by Gasteiger charge is 2.32. The van der Waals surface area contributed by atoms with Crippen molar-refractivity contribution in [1.82, 2.24) is 19.9 Å². The topological polar surface area (TPSA) is 66.0 Å². The number of hydrogen-bond donors (Lipinski definition) is 2. The number of benzene rings is 1. The van der Waals surface area contributed by atoms with Crippen molar-refractivity contribution in [2.45, 2.75) is 12.7 Å². The zero-order valence-electron chi connectivity index (χ0n) is 16.5. The SMILES string of the molecule is O=c1[nH]c2cccccc-2c1-c1nc2cc(N3CCNCC3)ccc2n1CC(F)(F)F. The lowest BCUT2D eigenvalue weighted by Gasteiger charge is -2.29. The third-order valence-electron chi connectivity index (χ3n) is 5.56. The van der Waals surface area contributed by atoms with Crippen molar-refractivity contribution in [3.05, 3.63) is 58.9 Å². The van der Waals surface area contributed by atoms with Crippen LogP contribution in [-0.4, -0.2) is 46.9 Å². The molecular weight excluding hydrogens is 407 g/mol. The molecule has 2 N–H and O–H groups in total. The molecule has 3 aliphatic rings. The number of rotatable bonds is 3. The largest absolute Gasteiger partial charge is 0.406 e. The van der Waals surface area contributed by atoms with Gasteiger partial charge in [-0.1, -0.05) is 24.3 Å². The van der Waals surface area contributed by atoms with Gasteiger partial charge in [0.05, 0.1) is 16.6 Å². The first kappa shape index (κ1) is 19.6. The molecule has 6 nitrogen and oxygen atoms in total. The van der Waals surface area contributed by atoms with E-state index < -0.39 is 18.3 Å². The fourth-order valence-electron chi connectivity index (χ4n) is 4.17. The van der Waals surface area contributed by atoms with E-state index in [2.05, 4.69) is 20.2 Å². The summed E-state index contributed by atoms with van der Waals surface area (Å²) in [5, 5.41) is 3.28. The highest BCUT2D eigenvalue weighted by Crippen LogP contribution is 2.34. The number of aromatic amines is 1. The molecule has 31 heavy (non-hydrogen) atoms. The highest BCUT2D eigenvalue weighted by atomic mass is 19.4. The molecule has 1 aliphatic carbocycles. The zero-order valence-corrected chi connectivity index (χ0v) is 16.5. The van der Waals surface area contributed by atoms with Crippen LogP contribution in [0.3, 0.4) is 0 Å². The predicted octanol–water partition coefficient (Wildman–Crippen LogP) is 3.47. The van der Waals surface area contributed by atoms with Gasteiger partial charge in [0.2, 0.25) is 0 Å². The minimum absolute atomic E-state index is 0.0206. The summed E-state index contributed by atoms with van der Waals surface area (Å²) in [7, 11) is 0. The van der Waals surface area contributed by atoms with Crippen LogP contribution in [-0.2, 0) is 6.54 Å². The van der Waals surface area contributed by atoms with Crippen LogP contribution in [0.4, 0.5) is 18.9 Å². The predicted molar refractivity (Wildman–Crippen MR) is 114 cm³/mol. The van der Waals surface area contributed by atoms with E-state index >= 15 is 0 Å². The monoisotopic (exact) mass is 427 g/mol. The van der Waals surface area contributed by atoms with Crippen molar-refractivity contribution < 1.29 is 13.2 Å². The summed E-state index contributed by atoms with van der Waals surface area (Å²) < 4.78 is 41.5. The number of hydrogen-bond acceptors (Lipinski definition) is 4. The summed E-state index contributed by atoms with van der Waals surface area (Å²) in [5.74, 6) is 0.0206. The molecule has 160 valence electrons. The summed E-state index contributed by atoms with van der Waals surface area (Å²) in [5.41, 5.74) is 2.47. The third kappa shape index (κ3) is 3.65. The fraction of sp³-hybridized carbons (Fsp3) is 0.273. The second-order valence-electron chi connectivity index (χ2n) is 7.61. The number of alkyl halides is 3. The van der Waals surface area contributed by atoms with E-state index in [0.29, 0.717) is 22.3 Å². The molecule has 1 saturated heterocycles. The van der Waals surface area contributed by atoms with E-state index in [4.69, 9.17) is 0 Å². The Hall–Kier alpha value is -3.33. The lowest BCUT2D eigenvalue weighted by Crippen LogP contribution is -2.43. The number of imidazole rings is 1. The van der Waals surface area contributed by atoms with Crippen LogP contribution >= 0.6 is 0 Å². The molecule has 2 aliphatic heterocycles. The van der Waals surface area contributed by atoms with Crippen molar-refractivity contribution in [3.63, 3.8) is 0 Å². The minimum atomic E-state index is -4.46. The summed E-state index contributed by atoms with van der Waals surface area (Å²) in [6, 6.07) is 14.0. The molecule has 2 aromatic rings. The highest BCUT2D eigenvalue weighted by molar-refractivity contribution is 5.88. The maximum Gasteiger partial charge on any atom is 0.406 e. The van der Waals surface area contributed by atoms with Crippen LogP contribution in [0.15, 0.2) is 53.3 Å². The molecule has 0 saturated carbocycles. The summed E-state index contributed by atoms with van der Waals surface area (Å²) in [4.78, 5) is 22.2. The number of piperazine rings is 1. The van der Waals surface area contributed by atoms with Gasteiger partial charge in [-0.25, -0.2) is 4.98 Å². The van der Waals surface area contributed by atoms with Gasteiger partial charge in [-0.2, -0.15) is 13.2 Å². The van der Waals surface area contributed by atoms with Crippen LogP contribution < -0.4 is 15.8 Å². The van der Waals surface area contributed by atoms with Crippen LogP contribution in [0.5, 0.6) is 0 Å². The van der Waals surface area contributed by atoms with Gasteiger partial charge < -0.3 is 19.8 Å². The zero-order chi connectivity index (χ0) is 21.6. The number of nitrogens with zero attached hydrogens (tertiary/aromatic N) is 3. The third-order valence-corrected chi connectivity index (χ3v) is 5.56. The van der Waals surface area contributed by atoms with Crippen molar-refractivity contribution in [1.29, 1.82) is 0 Å². The smallest absolute Gasteiger partial charge is 0.369 e. The molecule has 1 fully saturated rings. The van der Waals surface area contributed by atoms with Gasteiger partial charge in [-0.05, 0) is 24.3 Å². The van der Waals surface area contributed by atoms with Crippen molar-refractivity contribution in [2.24, 2.45) is 0 Å². The molecule has 0 amide bonds. The van der Waals surface area contributed by atoms with Crippen LogP contribution in [0.2, 0.25) is 0 Å². The average molecular weight is 427 g/mol. The number of nitrogens with one attached hydrogen (secondary N) is 2. The second-order valence-corrected chi connectivity index (χ2v) is 7.61. The first-order valence-electron chi connectivity index (χ1n) is 10.0. The normalized spacial score (nSPS) is 15.1. The van der Waals surface area contributed by atoms with E-state index in [1.807, 2.05) is 6.07 Å². The van der Waals surface area contributed by atoms with E-state index in [1.165, 1.54) is 0 Å². The van der Waals surface area contributed by atoms with Gasteiger partial charge >= 0.3 is 6.18 Å². The Bertz CT molecular complexity index is 1270. The van der Waals surface area contributed by atoms with Gasteiger partial charge in [0.25, 0.3) is 5.56 Å². The number of anilines is 1. The number of H-pyrrole nitrogens is 1. The van der Waals surface area contributed by atoms with E-state index in [-0.39, 0.29) is 11.4 Å². The van der Waals surface area contributed by atoms with E-state index in [1.54, 1.807) is 42.5 Å². The number of halogens is 3. The Balaban J connectivity index is 1.71. The van der Waals surface area contributed by atoms with E-state index in [9.17, 15) is 18.0 Å². The molecule has 3 heterocycles. The molecule has 1 aromatic heterocycles. The first-order valence-corrected chi connectivity index (χ1v) is 10.0. The Morgan fingerprint density at radius 3 is 2.58 bits per heavy atom. The van der Waals surface area contributed by atoms with E-state index in [0.717, 1.165) is 36.4 Å². The first-order chi connectivity index (χ1) is 14.9. The maximum absolute atomic E-state index is 13.5. The molecule has 5 rings (SSSR count). The van der Waals surface area contributed by atoms with Gasteiger partial charge in [0, 0.05) is 43.1 Å². The Kier molecular flexibility index (Phi) is 4.70. The van der Waals surface area contributed by atoms with Crippen molar-refractivity contribution in [3.8, 4) is 22.6 Å². The Morgan fingerprint density at radius 1 is 1.03 bits per heavy atom. The maximum atomic E-state index is 13.5. The minimum Gasteiger partial charge on any atom is -0.369 e. The van der Waals surface area contributed by atoms with Crippen LogP contribution in [0.25, 0.3) is 33.7 Å². The van der Waals surface area contributed by atoms with Crippen LogP contribution in [0, 0.1) is 0 Å². The molecule has 0 radical (unpaired) electrons. The fourth-order valence-corrected chi connectivity index (χ4v) is 4.17. The standard InChI is InChI=1S/C22H20F3N5O/c23-22(24,25)13-30-18-7-6-14(29-10-8-26-9-11-29)12-17(18)27-20(30)19-15-4-2-1-3-5-16(15)28-21(19)31/h1-7,12,26H,8-11,13H2,(H,28,31). The lowest BCUT2D eigenvalue weighted by molar-refractivity contribution is -0.139. The molecule has 9 heteroatoms. The average Bonchev–Trinajstić information content (AvgIpc) is 3.13. The molecule has 0 spiro atoms. The second kappa shape index (κ2) is 7.42. The Labute approximate surface area is 175 Å². The molecule has 1 aromatic carbocycles. The van der Waals surface area contributed by atoms with Gasteiger partial charge in [0.15, 0.2) is 0 Å². The number of fused-ring (bicyclic) bond motifs is 2. The van der Waals surface area contributed by atoms with Crippen LogP contribution in [0.1, 0.15) is 0 Å². The summed E-state index contributed by atoms with van der Waals surface area (Å²) >= 11 is 0. The molecule has 0 atom stereocenters. The van der Waals surface area contributed by atoms with Crippen molar-refractivity contribution in [2.75, 3.05) is 31.1 Å². The van der Waals surface area contributed by atoms with Gasteiger partial charge in [0.1, 0.15) is 12.4 Å². The van der Waals surface area contributed by atoms with Gasteiger partial charge in [-0.3, -0.25) is 4.79 Å². The summed E-state index contributed by atoms with van der Waals surface area (Å²) in [6.07, 6.45) is -4.46.